The van der Waals surface area contributed by atoms with Gasteiger partial charge < -0.3 is 10.0 Å². The van der Waals surface area contributed by atoms with Crippen LogP contribution in [0.25, 0.3) is 0 Å². The normalized spacial score (nSPS) is 28.5. The third-order valence-electron chi connectivity index (χ3n) is 4.97. The van der Waals surface area contributed by atoms with Crippen LogP contribution in [0.1, 0.15) is 38.7 Å². The highest BCUT2D eigenvalue weighted by atomic mass is 19.1. The monoisotopic (exact) mass is 277 g/mol. The van der Waals surface area contributed by atoms with Crippen molar-refractivity contribution in [2.75, 3.05) is 18.0 Å². The zero-order chi connectivity index (χ0) is 14.3. The first kappa shape index (κ1) is 13.9. The van der Waals surface area contributed by atoms with Crippen molar-refractivity contribution >= 4 is 5.69 Å². The topological polar surface area (TPSA) is 23.5 Å². The summed E-state index contributed by atoms with van der Waals surface area (Å²) in [4.78, 5) is 2.26. The molecule has 1 aromatic rings. The summed E-state index contributed by atoms with van der Waals surface area (Å²) < 4.78 is 13.4. The maximum Gasteiger partial charge on any atom is 0.125 e. The van der Waals surface area contributed by atoms with E-state index in [2.05, 4.69) is 18.7 Å². The molecule has 1 heterocycles. The van der Waals surface area contributed by atoms with Crippen LogP contribution in [0.15, 0.2) is 18.2 Å². The summed E-state index contributed by atoms with van der Waals surface area (Å²) in [6.45, 7) is 6.36. The van der Waals surface area contributed by atoms with Crippen LogP contribution in [0.5, 0.6) is 0 Å². The van der Waals surface area contributed by atoms with Crippen LogP contribution in [-0.2, 0) is 6.42 Å². The van der Waals surface area contributed by atoms with Crippen molar-refractivity contribution in [3.63, 3.8) is 0 Å². The standard InChI is InChI=1S/C17H24FNO/c1-17(2)7-5-16(20)13(10-17)11-19-8-6-12-3-4-14(18)9-15(12)19/h3-4,9,13,16,20H,5-8,10-11H2,1-2H3. The van der Waals surface area contributed by atoms with Crippen LogP contribution in [0.4, 0.5) is 10.1 Å². The van der Waals surface area contributed by atoms with E-state index in [1.54, 1.807) is 12.1 Å². The Morgan fingerprint density at radius 3 is 3.00 bits per heavy atom. The minimum absolute atomic E-state index is 0.167. The van der Waals surface area contributed by atoms with E-state index < -0.39 is 0 Å². The number of fused-ring (bicyclic) bond motifs is 1. The van der Waals surface area contributed by atoms with Crippen LogP contribution >= 0.6 is 0 Å². The summed E-state index contributed by atoms with van der Waals surface area (Å²) in [5, 5.41) is 10.3. The maximum atomic E-state index is 13.4. The van der Waals surface area contributed by atoms with E-state index in [0.29, 0.717) is 11.3 Å². The van der Waals surface area contributed by atoms with Crippen LogP contribution < -0.4 is 4.90 Å². The minimum Gasteiger partial charge on any atom is -0.393 e. The van der Waals surface area contributed by atoms with Gasteiger partial charge in [0.05, 0.1) is 6.10 Å². The number of hydrogen-bond acceptors (Lipinski definition) is 2. The molecule has 3 heteroatoms. The number of halogens is 1. The summed E-state index contributed by atoms with van der Waals surface area (Å²) in [6.07, 6.45) is 3.81. The number of rotatable bonds is 2. The van der Waals surface area contributed by atoms with Gasteiger partial charge in [0.25, 0.3) is 0 Å². The Hall–Kier alpha value is -1.09. The molecule has 1 N–H and O–H groups in total. The molecule has 0 spiro atoms. The molecule has 1 saturated carbocycles. The number of hydrogen-bond donors (Lipinski definition) is 1. The van der Waals surface area contributed by atoms with E-state index in [0.717, 1.165) is 44.5 Å². The average molecular weight is 277 g/mol. The van der Waals surface area contributed by atoms with Gasteiger partial charge in [0.2, 0.25) is 0 Å². The van der Waals surface area contributed by atoms with Crippen molar-refractivity contribution in [2.45, 2.75) is 45.6 Å². The summed E-state index contributed by atoms with van der Waals surface area (Å²) in [5.74, 6) is 0.133. The number of benzene rings is 1. The molecule has 0 amide bonds. The highest BCUT2D eigenvalue weighted by Crippen LogP contribution is 2.40. The lowest BCUT2D eigenvalue weighted by Crippen LogP contribution is -2.40. The second-order valence-corrected chi connectivity index (χ2v) is 7.20. The van der Waals surface area contributed by atoms with Crippen molar-refractivity contribution in [3.8, 4) is 0 Å². The summed E-state index contributed by atoms with van der Waals surface area (Å²) in [7, 11) is 0. The minimum atomic E-state index is -0.208. The van der Waals surface area contributed by atoms with Crippen molar-refractivity contribution in [1.82, 2.24) is 0 Å². The lowest BCUT2D eigenvalue weighted by Gasteiger charge is -2.40. The highest BCUT2D eigenvalue weighted by Gasteiger charge is 2.35. The molecule has 0 aromatic heterocycles. The van der Waals surface area contributed by atoms with Gasteiger partial charge in [0.15, 0.2) is 0 Å². The Labute approximate surface area is 120 Å². The molecular formula is C17H24FNO. The fourth-order valence-corrected chi connectivity index (χ4v) is 3.80. The lowest BCUT2D eigenvalue weighted by atomic mass is 9.71. The van der Waals surface area contributed by atoms with E-state index in [9.17, 15) is 9.50 Å². The Balaban J connectivity index is 1.75. The molecule has 2 nitrogen and oxygen atoms in total. The second kappa shape index (κ2) is 5.03. The number of aliphatic hydroxyl groups is 1. The fraction of sp³-hybridized carbons (Fsp3) is 0.647. The first-order valence-electron chi connectivity index (χ1n) is 7.66. The molecule has 0 saturated heterocycles. The largest absolute Gasteiger partial charge is 0.393 e. The average Bonchev–Trinajstić information content (AvgIpc) is 2.76. The smallest absolute Gasteiger partial charge is 0.125 e. The van der Waals surface area contributed by atoms with Gasteiger partial charge in [-0.3, -0.25) is 0 Å². The molecule has 1 aliphatic heterocycles. The first-order chi connectivity index (χ1) is 9.44. The summed E-state index contributed by atoms with van der Waals surface area (Å²) in [5.41, 5.74) is 2.57. The van der Waals surface area contributed by atoms with Gasteiger partial charge in [-0.15, -0.1) is 0 Å². The fourth-order valence-electron chi connectivity index (χ4n) is 3.80. The predicted octanol–water partition coefficient (Wildman–Crippen LogP) is 3.38. The molecule has 0 bridgehead atoms. The van der Waals surface area contributed by atoms with Gasteiger partial charge >= 0.3 is 0 Å². The Morgan fingerprint density at radius 1 is 1.40 bits per heavy atom. The Morgan fingerprint density at radius 2 is 2.20 bits per heavy atom. The molecule has 110 valence electrons. The zero-order valence-electron chi connectivity index (χ0n) is 12.4. The zero-order valence-corrected chi connectivity index (χ0v) is 12.4. The van der Waals surface area contributed by atoms with Gasteiger partial charge in [-0.05, 0) is 48.8 Å². The predicted molar refractivity (Wildman–Crippen MR) is 79.4 cm³/mol. The third-order valence-corrected chi connectivity index (χ3v) is 4.97. The third kappa shape index (κ3) is 2.69. The molecule has 2 aliphatic rings. The molecule has 1 aliphatic carbocycles. The first-order valence-corrected chi connectivity index (χ1v) is 7.66. The molecule has 3 rings (SSSR count). The summed E-state index contributed by atoms with van der Waals surface area (Å²) in [6, 6.07) is 5.08. The van der Waals surface area contributed by atoms with E-state index in [4.69, 9.17) is 0 Å². The van der Waals surface area contributed by atoms with E-state index >= 15 is 0 Å². The van der Waals surface area contributed by atoms with E-state index in [1.807, 2.05) is 6.07 Å². The molecule has 20 heavy (non-hydrogen) atoms. The van der Waals surface area contributed by atoms with Crippen molar-refractivity contribution in [2.24, 2.45) is 11.3 Å². The van der Waals surface area contributed by atoms with Crippen LogP contribution in [0.3, 0.4) is 0 Å². The molecular weight excluding hydrogens is 253 g/mol. The second-order valence-electron chi connectivity index (χ2n) is 7.20. The number of nitrogens with zero attached hydrogens (tertiary/aromatic N) is 1. The van der Waals surface area contributed by atoms with Gasteiger partial charge in [-0.1, -0.05) is 19.9 Å². The Kier molecular flexibility index (Phi) is 3.49. The van der Waals surface area contributed by atoms with Crippen molar-refractivity contribution in [3.05, 3.63) is 29.6 Å². The van der Waals surface area contributed by atoms with Gasteiger partial charge in [-0.25, -0.2) is 4.39 Å². The SMILES string of the molecule is CC1(C)CCC(O)C(CN2CCc3ccc(F)cc32)C1. The van der Waals surface area contributed by atoms with E-state index in [-0.39, 0.29) is 11.9 Å². The molecule has 1 aromatic carbocycles. The van der Waals surface area contributed by atoms with Crippen molar-refractivity contribution < 1.29 is 9.50 Å². The lowest BCUT2D eigenvalue weighted by molar-refractivity contribution is 0.0251. The van der Waals surface area contributed by atoms with E-state index in [1.165, 1.54) is 5.56 Å². The quantitative estimate of drug-likeness (QED) is 0.896. The molecule has 2 unspecified atom stereocenters. The van der Waals surface area contributed by atoms with Crippen LogP contribution in [0, 0.1) is 17.2 Å². The molecule has 0 radical (unpaired) electrons. The van der Waals surface area contributed by atoms with Crippen LogP contribution in [0.2, 0.25) is 0 Å². The van der Waals surface area contributed by atoms with Gasteiger partial charge in [0, 0.05) is 24.7 Å². The number of aliphatic hydroxyl groups excluding tert-OH is 1. The molecule has 1 fully saturated rings. The highest BCUT2D eigenvalue weighted by molar-refractivity contribution is 5.58. The Bertz CT molecular complexity index is 500. The van der Waals surface area contributed by atoms with Gasteiger partial charge in [0.1, 0.15) is 5.82 Å². The maximum absolute atomic E-state index is 13.4. The summed E-state index contributed by atoms with van der Waals surface area (Å²) >= 11 is 0. The van der Waals surface area contributed by atoms with Crippen molar-refractivity contribution in [1.29, 1.82) is 0 Å². The van der Waals surface area contributed by atoms with Crippen LogP contribution in [-0.4, -0.2) is 24.3 Å². The molecule has 2 atom stereocenters. The number of anilines is 1. The van der Waals surface area contributed by atoms with Gasteiger partial charge in [-0.2, -0.15) is 0 Å².